The van der Waals surface area contributed by atoms with Crippen LogP contribution in [0.1, 0.15) is 155 Å². The highest BCUT2D eigenvalue weighted by atomic mass is 16.5. The number of rotatable bonds is 10. The number of carboxylic acid groups (broad SMARTS) is 1. The van der Waals surface area contributed by atoms with E-state index in [0.717, 1.165) is 88.6 Å². The van der Waals surface area contributed by atoms with Crippen molar-refractivity contribution in [1.29, 1.82) is 0 Å². The molecule has 8 rings (SSSR count). The SMILES string of the molecule is CC(C)C1=C2[C@H]3CC[C@@H]4[C@@]5(C)CC[C@H](OC(=O)[C@H]6C[C@@H](C(=O)O)C6(C)C)C(C)(C)[C@@H]5CC[C@@]4(C)[C@]3(C)CC[C@@]2([C@@H](O)CNC(=O)c2ccc(CN3CCC(O)CC3)cc2)CC1=O. The number of nitrogens with one attached hydrogen (secondary N) is 1. The van der Waals surface area contributed by atoms with Crippen LogP contribution in [0.2, 0.25) is 0 Å². The van der Waals surface area contributed by atoms with Crippen molar-refractivity contribution in [2.75, 3.05) is 19.6 Å². The first-order valence-electron chi connectivity index (χ1n) is 24.2. The lowest BCUT2D eigenvalue weighted by Crippen LogP contribution is -2.66. The van der Waals surface area contributed by atoms with Gasteiger partial charge in [-0.25, -0.2) is 0 Å². The quantitative estimate of drug-likeness (QED) is 0.170. The molecule has 7 aliphatic rings. The van der Waals surface area contributed by atoms with Crippen molar-refractivity contribution < 1.29 is 39.2 Å². The molecule has 0 bridgehead atoms. The maximum atomic E-state index is 14.2. The minimum absolute atomic E-state index is 0.00394. The molecule has 10 nitrogen and oxygen atoms in total. The number of benzene rings is 1. The minimum atomic E-state index is -0.891. The first-order valence-corrected chi connectivity index (χ1v) is 24.2. The van der Waals surface area contributed by atoms with E-state index in [1.54, 1.807) is 0 Å². The van der Waals surface area contributed by atoms with E-state index in [1.165, 1.54) is 5.57 Å². The number of aliphatic hydroxyl groups is 2. The summed E-state index contributed by atoms with van der Waals surface area (Å²) < 4.78 is 6.43. The second-order valence-electron chi connectivity index (χ2n) is 23.6. The molecule has 0 aromatic heterocycles. The van der Waals surface area contributed by atoms with Crippen molar-refractivity contribution in [3.63, 3.8) is 0 Å². The lowest BCUT2D eigenvalue weighted by atomic mass is 9.33. The molecule has 10 heteroatoms. The van der Waals surface area contributed by atoms with E-state index >= 15 is 0 Å². The van der Waals surface area contributed by atoms with Gasteiger partial charge in [0, 0.05) is 49.0 Å². The lowest BCUT2D eigenvalue weighted by Gasteiger charge is -2.72. The van der Waals surface area contributed by atoms with Gasteiger partial charge in [0.15, 0.2) is 5.78 Å². The minimum Gasteiger partial charge on any atom is -0.481 e. The number of ether oxygens (including phenoxy) is 1. The molecular formula is C52H76N2O8. The Hall–Kier alpha value is -3.08. The number of allylic oxidation sites excluding steroid dienone is 1. The molecule has 0 unspecified atom stereocenters. The molecule has 1 amide bonds. The zero-order valence-electron chi connectivity index (χ0n) is 39.1. The molecule has 0 radical (unpaired) electrons. The number of carboxylic acids is 1. The summed E-state index contributed by atoms with van der Waals surface area (Å²) in [6.45, 7) is 22.7. The summed E-state index contributed by atoms with van der Waals surface area (Å²) in [4.78, 5) is 55.6. The first-order chi connectivity index (χ1) is 29.0. The van der Waals surface area contributed by atoms with Crippen LogP contribution in [0.3, 0.4) is 0 Å². The number of carbonyl (C=O) groups excluding carboxylic acids is 3. The van der Waals surface area contributed by atoms with Gasteiger partial charge in [-0.1, -0.05) is 80.0 Å². The fraction of sp³-hybridized carbons (Fsp3) is 0.769. The number of aliphatic carboxylic acids is 1. The fourth-order valence-electron chi connectivity index (χ4n) is 15.8. The van der Waals surface area contributed by atoms with Gasteiger partial charge in [0.2, 0.25) is 0 Å². The normalized spacial score (nSPS) is 39.5. The number of fused-ring (bicyclic) bond motifs is 7. The number of ketones is 1. The average Bonchev–Trinajstić information content (AvgIpc) is 3.52. The van der Waals surface area contributed by atoms with Gasteiger partial charge in [0.1, 0.15) is 6.10 Å². The summed E-state index contributed by atoms with van der Waals surface area (Å²) in [5, 5.41) is 35.0. The number of nitrogens with zero attached hydrogens (tertiary/aromatic N) is 1. The molecule has 1 aromatic carbocycles. The van der Waals surface area contributed by atoms with Gasteiger partial charge in [-0.3, -0.25) is 24.1 Å². The van der Waals surface area contributed by atoms with Crippen LogP contribution in [0.25, 0.3) is 0 Å². The van der Waals surface area contributed by atoms with E-state index in [2.05, 4.69) is 58.7 Å². The average molecular weight is 857 g/mol. The van der Waals surface area contributed by atoms with Crippen LogP contribution in [-0.4, -0.2) is 81.8 Å². The zero-order chi connectivity index (χ0) is 44.9. The Morgan fingerprint density at radius 3 is 2.13 bits per heavy atom. The van der Waals surface area contributed by atoms with Gasteiger partial charge in [0.25, 0.3) is 5.91 Å². The number of aliphatic hydroxyl groups excluding tert-OH is 2. The van der Waals surface area contributed by atoms with E-state index in [4.69, 9.17) is 4.74 Å². The number of Topliss-reactive ketones (excluding diaryl/α,β-unsaturated/α-hetero) is 1. The van der Waals surface area contributed by atoms with Crippen LogP contribution < -0.4 is 5.32 Å². The molecule has 62 heavy (non-hydrogen) atoms. The molecule has 0 spiro atoms. The van der Waals surface area contributed by atoms with Gasteiger partial charge in [-0.05, 0) is 139 Å². The van der Waals surface area contributed by atoms with Gasteiger partial charge < -0.3 is 25.4 Å². The summed E-state index contributed by atoms with van der Waals surface area (Å²) in [6.07, 6.45) is 8.35. The Morgan fingerprint density at radius 1 is 0.823 bits per heavy atom. The zero-order valence-corrected chi connectivity index (χ0v) is 39.1. The number of hydrogen-bond acceptors (Lipinski definition) is 8. The van der Waals surface area contributed by atoms with E-state index in [1.807, 2.05) is 38.1 Å². The Balaban J connectivity index is 0.982. The molecule has 11 atom stereocenters. The van der Waals surface area contributed by atoms with Crippen LogP contribution in [0, 0.1) is 68.0 Å². The number of esters is 1. The highest BCUT2D eigenvalue weighted by molar-refractivity contribution is 6.01. The number of carbonyl (C=O) groups is 4. The number of amides is 1. The van der Waals surface area contributed by atoms with Crippen LogP contribution in [-0.2, 0) is 25.7 Å². The second kappa shape index (κ2) is 15.8. The Labute approximate surface area is 370 Å². The van der Waals surface area contributed by atoms with E-state index in [-0.39, 0.29) is 69.9 Å². The molecule has 1 aromatic rings. The highest BCUT2D eigenvalue weighted by Gasteiger charge is 2.71. The number of hydrogen-bond donors (Lipinski definition) is 4. The molecule has 4 N–H and O–H groups in total. The highest BCUT2D eigenvalue weighted by Crippen LogP contribution is 2.77. The van der Waals surface area contributed by atoms with Crippen molar-refractivity contribution in [3.8, 4) is 0 Å². The fourth-order valence-corrected chi connectivity index (χ4v) is 15.8. The van der Waals surface area contributed by atoms with Gasteiger partial charge in [0.05, 0.1) is 24.0 Å². The smallest absolute Gasteiger partial charge is 0.309 e. The molecule has 342 valence electrons. The van der Waals surface area contributed by atoms with Crippen molar-refractivity contribution >= 4 is 23.6 Å². The van der Waals surface area contributed by atoms with Crippen molar-refractivity contribution in [2.24, 2.45) is 68.0 Å². The number of piperidine rings is 1. The maximum absolute atomic E-state index is 14.2. The van der Waals surface area contributed by atoms with Crippen LogP contribution >= 0.6 is 0 Å². The van der Waals surface area contributed by atoms with Crippen LogP contribution in [0.15, 0.2) is 35.4 Å². The molecule has 6 fully saturated rings. The molecule has 1 aliphatic heterocycles. The molecular weight excluding hydrogens is 781 g/mol. The van der Waals surface area contributed by atoms with E-state index in [9.17, 15) is 34.5 Å². The van der Waals surface area contributed by atoms with Crippen LogP contribution in [0.4, 0.5) is 0 Å². The third kappa shape index (κ3) is 6.96. The van der Waals surface area contributed by atoms with Crippen molar-refractivity contribution in [3.05, 3.63) is 46.5 Å². The maximum Gasteiger partial charge on any atom is 0.309 e. The second-order valence-corrected chi connectivity index (χ2v) is 23.6. The van der Waals surface area contributed by atoms with E-state index < -0.39 is 34.7 Å². The molecule has 1 heterocycles. The van der Waals surface area contributed by atoms with Crippen molar-refractivity contribution in [2.45, 2.75) is 164 Å². The summed E-state index contributed by atoms with van der Waals surface area (Å²) >= 11 is 0. The molecule has 6 aliphatic carbocycles. The standard InChI is InChI=1S/C52H76N2O8/c1-30(2)42-37(56)27-52(40(57)28-53-44(58)32-12-10-31(11-13-32)29-54-24-18-33(55)19-25-54)23-22-50(8)34(43(42)52)14-15-39-49(7)20-17-41(48(5,6)38(49)16-21-51(39,50)9)62-46(61)36-26-35(45(59)60)47(36,3)4/h10-13,30,33-36,38-41,55,57H,14-29H2,1-9H3,(H,53,58)(H,59,60)/t34-,35+,36-,38+,39-,40+,41+,49+,50-,51-,52+/m1/s1. The van der Waals surface area contributed by atoms with E-state index in [0.29, 0.717) is 36.7 Å². The lowest BCUT2D eigenvalue weighted by molar-refractivity contribution is -0.238. The summed E-state index contributed by atoms with van der Waals surface area (Å²) in [5.74, 6) is -1.07. The number of likely N-dealkylation sites (tertiary alicyclic amines) is 1. The topological polar surface area (TPSA) is 153 Å². The largest absolute Gasteiger partial charge is 0.481 e. The monoisotopic (exact) mass is 857 g/mol. The summed E-state index contributed by atoms with van der Waals surface area (Å²) in [7, 11) is 0. The third-order valence-electron chi connectivity index (χ3n) is 19.8. The Bertz CT molecular complexity index is 1980. The summed E-state index contributed by atoms with van der Waals surface area (Å²) in [5.41, 5.74) is 2.15. The first kappa shape index (κ1) is 45.5. The van der Waals surface area contributed by atoms with Gasteiger partial charge in [-0.2, -0.15) is 0 Å². The Morgan fingerprint density at radius 2 is 1.50 bits per heavy atom. The van der Waals surface area contributed by atoms with Crippen LogP contribution in [0.5, 0.6) is 0 Å². The third-order valence-corrected chi connectivity index (χ3v) is 19.8. The predicted molar refractivity (Wildman–Crippen MR) is 238 cm³/mol. The molecule has 1 saturated heterocycles. The van der Waals surface area contributed by atoms with Gasteiger partial charge >= 0.3 is 11.9 Å². The van der Waals surface area contributed by atoms with Gasteiger partial charge in [-0.15, -0.1) is 0 Å². The van der Waals surface area contributed by atoms with Crippen molar-refractivity contribution in [1.82, 2.24) is 10.2 Å². The molecule has 5 saturated carbocycles. The predicted octanol–water partition coefficient (Wildman–Crippen LogP) is 8.37. The Kier molecular flexibility index (Phi) is 11.6. The summed E-state index contributed by atoms with van der Waals surface area (Å²) in [6, 6.07) is 7.68.